The fourth-order valence-corrected chi connectivity index (χ4v) is 3.10. The van der Waals surface area contributed by atoms with Gasteiger partial charge in [0.2, 0.25) is 0 Å². The molecule has 0 radical (unpaired) electrons. The van der Waals surface area contributed by atoms with Crippen LogP contribution in [-0.4, -0.2) is 0 Å². The maximum absolute atomic E-state index is 5.92. The molecule has 18 heavy (non-hydrogen) atoms. The summed E-state index contributed by atoms with van der Waals surface area (Å²) >= 11 is 1.85. The molecule has 1 nitrogen and oxygen atoms in total. The molecule has 0 atom stereocenters. The summed E-state index contributed by atoms with van der Waals surface area (Å²) < 4.78 is 0. The van der Waals surface area contributed by atoms with Gasteiger partial charge in [-0.1, -0.05) is 35.4 Å². The molecule has 0 aliphatic heterocycles. The third-order valence-electron chi connectivity index (χ3n) is 3.00. The number of nitrogens with two attached hydrogens (primary N) is 1. The van der Waals surface area contributed by atoms with Gasteiger partial charge in [-0.05, 0) is 44.0 Å². The lowest BCUT2D eigenvalue weighted by atomic mass is 10.1. The molecule has 0 aliphatic carbocycles. The van der Waals surface area contributed by atoms with E-state index in [0.717, 1.165) is 11.4 Å². The third-order valence-corrected chi connectivity index (χ3v) is 4.23. The number of nitrogen functional groups attached to an aromatic ring is 1. The molecule has 0 fully saturated rings. The molecule has 0 heterocycles. The normalized spacial score (nSPS) is 10.6. The third kappa shape index (κ3) is 3.08. The maximum atomic E-state index is 5.92. The van der Waals surface area contributed by atoms with Crippen LogP contribution in [0.25, 0.3) is 0 Å². The van der Waals surface area contributed by atoms with E-state index in [0.29, 0.717) is 0 Å². The Bertz CT molecular complexity index is 541. The van der Waals surface area contributed by atoms with Crippen molar-refractivity contribution in [3.8, 4) is 0 Å². The van der Waals surface area contributed by atoms with Crippen LogP contribution < -0.4 is 5.73 Å². The Balaban J connectivity index is 2.14. The van der Waals surface area contributed by atoms with Gasteiger partial charge >= 0.3 is 0 Å². The standard InChI is InChI=1S/C16H19NS/c1-11-7-12(2)9-14(8-11)10-18-16-6-4-5-15(17)13(16)3/h4-9H,10,17H2,1-3H3. The van der Waals surface area contributed by atoms with Gasteiger partial charge in [0.25, 0.3) is 0 Å². The molecule has 0 saturated heterocycles. The van der Waals surface area contributed by atoms with Gasteiger partial charge in [0.15, 0.2) is 0 Å². The fourth-order valence-electron chi connectivity index (χ4n) is 2.10. The van der Waals surface area contributed by atoms with Crippen molar-refractivity contribution in [3.05, 3.63) is 58.7 Å². The molecular formula is C16H19NS. The molecule has 2 heteroatoms. The van der Waals surface area contributed by atoms with Crippen LogP contribution >= 0.6 is 11.8 Å². The lowest BCUT2D eigenvalue weighted by molar-refractivity contribution is 1.27. The Morgan fingerprint density at radius 2 is 1.67 bits per heavy atom. The van der Waals surface area contributed by atoms with Crippen molar-refractivity contribution < 1.29 is 0 Å². The van der Waals surface area contributed by atoms with Crippen molar-refractivity contribution in [2.75, 3.05) is 5.73 Å². The first-order chi connectivity index (χ1) is 8.56. The molecule has 0 saturated carbocycles. The summed E-state index contributed by atoms with van der Waals surface area (Å²) in [6.07, 6.45) is 0. The predicted molar refractivity (Wildman–Crippen MR) is 81.1 cm³/mol. The maximum Gasteiger partial charge on any atom is 0.0354 e. The lowest BCUT2D eigenvalue weighted by Crippen LogP contribution is -1.91. The average Bonchev–Trinajstić information content (AvgIpc) is 2.30. The lowest BCUT2D eigenvalue weighted by Gasteiger charge is -2.09. The highest BCUT2D eigenvalue weighted by atomic mass is 32.2. The quantitative estimate of drug-likeness (QED) is 0.648. The number of aryl methyl sites for hydroxylation is 2. The number of benzene rings is 2. The largest absolute Gasteiger partial charge is 0.398 e. The second-order valence-corrected chi connectivity index (χ2v) is 5.77. The van der Waals surface area contributed by atoms with E-state index in [9.17, 15) is 0 Å². The van der Waals surface area contributed by atoms with Crippen LogP contribution in [0.5, 0.6) is 0 Å². The Kier molecular flexibility index (Phi) is 3.97. The molecule has 2 rings (SSSR count). The van der Waals surface area contributed by atoms with E-state index in [1.54, 1.807) is 0 Å². The van der Waals surface area contributed by atoms with Gasteiger partial charge in [-0.25, -0.2) is 0 Å². The van der Waals surface area contributed by atoms with Crippen LogP contribution in [0.3, 0.4) is 0 Å². The predicted octanol–water partition coefficient (Wildman–Crippen LogP) is 4.49. The van der Waals surface area contributed by atoms with Crippen LogP contribution in [0.2, 0.25) is 0 Å². The van der Waals surface area contributed by atoms with E-state index in [1.807, 2.05) is 23.9 Å². The molecule has 0 bridgehead atoms. The van der Waals surface area contributed by atoms with E-state index in [-0.39, 0.29) is 0 Å². The smallest absolute Gasteiger partial charge is 0.0354 e. The number of anilines is 1. The fraction of sp³-hybridized carbons (Fsp3) is 0.250. The summed E-state index contributed by atoms with van der Waals surface area (Å²) in [6.45, 7) is 6.37. The van der Waals surface area contributed by atoms with E-state index in [1.165, 1.54) is 27.1 Å². The molecular weight excluding hydrogens is 238 g/mol. The molecule has 2 aromatic rings. The molecule has 0 aromatic heterocycles. The summed E-state index contributed by atoms with van der Waals surface area (Å²) in [6, 6.07) is 12.8. The number of hydrogen-bond donors (Lipinski definition) is 1. The highest BCUT2D eigenvalue weighted by molar-refractivity contribution is 7.98. The summed E-state index contributed by atoms with van der Waals surface area (Å²) in [7, 11) is 0. The van der Waals surface area contributed by atoms with Crippen molar-refractivity contribution in [1.82, 2.24) is 0 Å². The van der Waals surface area contributed by atoms with Gasteiger partial charge < -0.3 is 5.73 Å². The highest BCUT2D eigenvalue weighted by Crippen LogP contribution is 2.29. The second-order valence-electron chi connectivity index (χ2n) is 4.76. The summed E-state index contributed by atoms with van der Waals surface area (Å²) in [5.74, 6) is 0.993. The van der Waals surface area contributed by atoms with Crippen molar-refractivity contribution in [2.24, 2.45) is 0 Å². The van der Waals surface area contributed by atoms with Gasteiger partial charge in [-0.2, -0.15) is 0 Å². The summed E-state index contributed by atoms with van der Waals surface area (Å²) in [4.78, 5) is 1.27. The van der Waals surface area contributed by atoms with Gasteiger partial charge in [-0.15, -0.1) is 11.8 Å². The Labute approximate surface area is 113 Å². The summed E-state index contributed by atoms with van der Waals surface area (Å²) in [5, 5.41) is 0. The van der Waals surface area contributed by atoms with E-state index >= 15 is 0 Å². The highest BCUT2D eigenvalue weighted by Gasteiger charge is 2.03. The molecule has 2 N–H and O–H groups in total. The molecule has 2 aromatic carbocycles. The minimum atomic E-state index is 0.875. The zero-order valence-corrected chi connectivity index (χ0v) is 12.0. The second kappa shape index (κ2) is 5.49. The number of hydrogen-bond acceptors (Lipinski definition) is 2. The van der Waals surface area contributed by atoms with Gasteiger partial charge in [0, 0.05) is 16.3 Å². The van der Waals surface area contributed by atoms with Crippen LogP contribution in [0.15, 0.2) is 41.3 Å². The monoisotopic (exact) mass is 257 g/mol. The van der Waals surface area contributed by atoms with Gasteiger partial charge in [-0.3, -0.25) is 0 Å². The molecule has 0 amide bonds. The number of thioether (sulfide) groups is 1. The molecule has 0 aliphatic rings. The number of rotatable bonds is 3. The van der Waals surface area contributed by atoms with Gasteiger partial charge in [0.05, 0.1) is 0 Å². The van der Waals surface area contributed by atoms with Crippen molar-refractivity contribution in [2.45, 2.75) is 31.4 Å². The Morgan fingerprint density at radius 1 is 1.00 bits per heavy atom. The van der Waals surface area contributed by atoms with Crippen molar-refractivity contribution in [1.29, 1.82) is 0 Å². The van der Waals surface area contributed by atoms with Crippen molar-refractivity contribution >= 4 is 17.4 Å². The average molecular weight is 257 g/mol. The summed E-state index contributed by atoms with van der Waals surface area (Å²) in [5.41, 5.74) is 12.0. The zero-order chi connectivity index (χ0) is 13.1. The Morgan fingerprint density at radius 3 is 2.33 bits per heavy atom. The first-order valence-corrected chi connectivity index (χ1v) is 7.10. The first-order valence-electron chi connectivity index (χ1n) is 6.11. The van der Waals surface area contributed by atoms with E-state index in [2.05, 4.69) is 45.0 Å². The van der Waals surface area contributed by atoms with Crippen LogP contribution in [0.1, 0.15) is 22.3 Å². The molecule has 94 valence electrons. The zero-order valence-electron chi connectivity index (χ0n) is 11.2. The van der Waals surface area contributed by atoms with Crippen LogP contribution in [0.4, 0.5) is 5.69 Å². The molecule has 0 unspecified atom stereocenters. The van der Waals surface area contributed by atoms with Crippen molar-refractivity contribution in [3.63, 3.8) is 0 Å². The van der Waals surface area contributed by atoms with E-state index in [4.69, 9.17) is 5.73 Å². The van der Waals surface area contributed by atoms with Gasteiger partial charge in [0.1, 0.15) is 0 Å². The van der Waals surface area contributed by atoms with E-state index < -0.39 is 0 Å². The SMILES string of the molecule is Cc1cc(C)cc(CSc2cccc(N)c2C)c1. The topological polar surface area (TPSA) is 26.0 Å². The molecule has 0 spiro atoms. The van der Waals surface area contributed by atoms with Crippen LogP contribution in [-0.2, 0) is 5.75 Å². The first kappa shape index (κ1) is 13.0. The Hall–Kier alpha value is -1.41. The minimum Gasteiger partial charge on any atom is -0.398 e. The van der Waals surface area contributed by atoms with Crippen LogP contribution in [0, 0.1) is 20.8 Å². The minimum absolute atomic E-state index is 0.875.